The number of methoxy groups -OCH3 is 1. The zero-order chi connectivity index (χ0) is 18.6. The highest BCUT2D eigenvalue weighted by Gasteiger charge is 2.13. The lowest BCUT2D eigenvalue weighted by Crippen LogP contribution is -2.30. The molecular formula is C18H21NO5S. The van der Waals surface area contributed by atoms with Gasteiger partial charge in [-0.1, -0.05) is 12.1 Å². The molecule has 134 valence electrons. The Morgan fingerprint density at radius 3 is 2.04 bits per heavy atom. The molecule has 0 fully saturated rings. The number of ether oxygens (including phenoxy) is 2. The van der Waals surface area contributed by atoms with Gasteiger partial charge in [-0.2, -0.15) is 0 Å². The summed E-state index contributed by atoms with van der Waals surface area (Å²) in [4.78, 5) is 11.8. The Hall–Kier alpha value is -2.54. The number of hydrogen-bond acceptors (Lipinski definition) is 5. The Morgan fingerprint density at radius 1 is 1.04 bits per heavy atom. The summed E-state index contributed by atoms with van der Waals surface area (Å²) in [6, 6.07) is 10.9. The molecule has 0 radical (unpaired) electrons. The minimum atomic E-state index is -3.55. The van der Waals surface area contributed by atoms with E-state index in [4.69, 9.17) is 9.47 Å². The summed E-state index contributed by atoms with van der Waals surface area (Å²) in [6.07, 6.45) is 0.935. The van der Waals surface area contributed by atoms with Crippen LogP contribution in [0.25, 0.3) is 0 Å². The number of aryl methyl sites for hydroxylation is 2. The maximum Gasteiger partial charge on any atom is 0.237 e. The molecular weight excluding hydrogens is 342 g/mol. The zero-order valence-corrected chi connectivity index (χ0v) is 15.4. The Bertz CT molecular complexity index is 850. The Kier molecular flexibility index (Phi) is 5.69. The summed E-state index contributed by atoms with van der Waals surface area (Å²) in [5.41, 5.74) is 2.44. The summed E-state index contributed by atoms with van der Waals surface area (Å²) in [5, 5.41) is 0. The molecule has 2 aromatic rings. The molecule has 0 aromatic heterocycles. The first kappa shape index (κ1) is 18.8. The van der Waals surface area contributed by atoms with E-state index in [1.807, 2.05) is 55.0 Å². The maximum absolute atomic E-state index is 11.8. The third kappa shape index (κ3) is 5.49. The van der Waals surface area contributed by atoms with E-state index < -0.39 is 15.9 Å². The van der Waals surface area contributed by atoms with Crippen LogP contribution in [-0.2, 0) is 21.2 Å². The van der Waals surface area contributed by atoms with Crippen molar-refractivity contribution in [3.05, 3.63) is 53.1 Å². The van der Waals surface area contributed by atoms with Crippen molar-refractivity contribution in [3.8, 4) is 17.2 Å². The zero-order valence-electron chi connectivity index (χ0n) is 14.6. The fraction of sp³-hybridized carbons (Fsp3) is 0.278. The van der Waals surface area contributed by atoms with Crippen molar-refractivity contribution in [1.29, 1.82) is 0 Å². The van der Waals surface area contributed by atoms with Gasteiger partial charge in [0.2, 0.25) is 15.9 Å². The molecule has 2 rings (SSSR count). The van der Waals surface area contributed by atoms with Crippen molar-refractivity contribution in [3.63, 3.8) is 0 Å². The first-order valence-corrected chi connectivity index (χ1v) is 9.50. The number of carbonyl (C=O) groups excluding carboxylic acids is 1. The van der Waals surface area contributed by atoms with E-state index >= 15 is 0 Å². The number of rotatable bonds is 6. The van der Waals surface area contributed by atoms with Gasteiger partial charge < -0.3 is 9.47 Å². The Balaban J connectivity index is 2.17. The smallest absolute Gasteiger partial charge is 0.237 e. The van der Waals surface area contributed by atoms with Crippen LogP contribution >= 0.6 is 0 Å². The second-order valence-electron chi connectivity index (χ2n) is 5.81. The lowest BCUT2D eigenvalue weighted by Gasteiger charge is -2.14. The maximum atomic E-state index is 11.8. The van der Waals surface area contributed by atoms with Gasteiger partial charge in [0.15, 0.2) is 0 Å². The molecule has 0 bridgehead atoms. The van der Waals surface area contributed by atoms with E-state index in [1.54, 1.807) is 7.11 Å². The molecule has 0 heterocycles. The van der Waals surface area contributed by atoms with Gasteiger partial charge in [0, 0.05) is 0 Å². The predicted octanol–water partition coefficient (Wildman–Crippen LogP) is 2.72. The molecule has 0 unspecified atom stereocenters. The normalized spacial score (nSPS) is 11.0. The van der Waals surface area contributed by atoms with Crippen molar-refractivity contribution in [2.75, 3.05) is 13.4 Å². The number of hydrogen-bond donors (Lipinski definition) is 1. The van der Waals surface area contributed by atoms with Crippen molar-refractivity contribution >= 4 is 15.9 Å². The Morgan fingerprint density at radius 2 is 1.56 bits per heavy atom. The second kappa shape index (κ2) is 7.57. The number of sulfonamides is 1. The van der Waals surface area contributed by atoms with Crippen LogP contribution in [0.3, 0.4) is 0 Å². The number of nitrogens with one attached hydrogen (secondary N) is 1. The third-order valence-corrected chi connectivity index (χ3v) is 4.06. The predicted molar refractivity (Wildman–Crippen MR) is 95.7 cm³/mol. The first-order valence-electron chi connectivity index (χ1n) is 7.60. The van der Waals surface area contributed by atoms with Crippen LogP contribution in [-0.4, -0.2) is 27.7 Å². The molecule has 7 heteroatoms. The van der Waals surface area contributed by atoms with Gasteiger partial charge in [-0.05, 0) is 54.8 Å². The van der Waals surface area contributed by atoms with Crippen LogP contribution in [0.1, 0.15) is 16.7 Å². The van der Waals surface area contributed by atoms with Crippen LogP contribution in [0.15, 0.2) is 36.4 Å². The number of benzene rings is 2. The quantitative estimate of drug-likeness (QED) is 0.853. The second-order valence-corrected chi connectivity index (χ2v) is 7.56. The van der Waals surface area contributed by atoms with Gasteiger partial charge in [0.25, 0.3) is 0 Å². The van der Waals surface area contributed by atoms with Gasteiger partial charge >= 0.3 is 0 Å². The topological polar surface area (TPSA) is 81.7 Å². The van der Waals surface area contributed by atoms with E-state index in [1.165, 1.54) is 0 Å². The minimum Gasteiger partial charge on any atom is -0.497 e. The van der Waals surface area contributed by atoms with Crippen molar-refractivity contribution in [1.82, 2.24) is 4.72 Å². The van der Waals surface area contributed by atoms with Gasteiger partial charge in [-0.15, -0.1) is 0 Å². The highest BCUT2D eigenvalue weighted by atomic mass is 32.2. The molecule has 25 heavy (non-hydrogen) atoms. The van der Waals surface area contributed by atoms with Crippen molar-refractivity contribution in [2.24, 2.45) is 0 Å². The monoisotopic (exact) mass is 363 g/mol. The largest absolute Gasteiger partial charge is 0.497 e. The highest BCUT2D eigenvalue weighted by molar-refractivity contribution is 7.89. The average molecular weight is 363 g/mol. The lowest BCUT2D eigenvalue weighted by atomic mass is 10.0. The van der Waals surface area contributed by atoms with Crippen molar-refractivity contribution < 1.29 is 22.7 Å². The summed E-state index contributed by atoms with van der Waals surface area (Å²) >= 11 is 0. The first-order chi connectivity index (χ1) is 11.7. The fourth-order valence-electron chi connectivity index (χ4n) is 2.49. The minimum absolute atomic E-state index is 0.0163. The van der Waals surface area contributed by atoms with Crippen LogP contribution in [0, 0.1) is 13.8 Å². The number of amides is 1. The molecule has 0 aliphatic heterocycles. The fourth-order valence-corrected chi connectivity index (χ4v) is 2.98. The molecule has 0 saturated carbocycles. The molecule has 0 saturated heterocycles. The van der Waals surface area contributed by atoms with Crippen LogP contribution in [0.5, 0.6) is 17.2 Å². The van der Waals surface area contributed by atoms with E-state index in [2.05, 4.69) is 0 Å². The van der Waals surface area contributed by atoms with E-state index in [0.29, 0.717) is 11.5 Å². The van der Waals surface area contributed by atoms with E-state index in [-0.39, 0.29) is 6.42 Å². The SMILES string of the molecule is COc1ccc(Oc2c(C)cc(CC(=O)NS(C)(=O)=O)cc2C)cc1. The summed E-state index contributed by atoms with van der Waals surface area (Å²) in [6.45, 7) is 3.76. The number of carbonyl (C=O) groups is 1. The van der Waals surface area contributed by atoms with Gasteiger partial charge in [-0.3, -0.25) is 9.52 Å². The molecule has 1 amide bonds. The van der Waals surface area contributed by atoms with Crippen molar-refractivity contribution in [2.45, 2.75) is 20.3 Å². The van der Waals surface area contributed by atoms with Gasteiger partial charge in [0.05, 0.1) is 19.8 Å². The summed E-state index contributed by atoms with van der Waals surface area (Å²) in [7, 11) is -1.95. The molecule has 6 nitrogen and oxygen atoms in total. The van der Waals surface area contributed by atoms with Gasteiger partial charge in [0.1, 0.15) is 17.2 Å². The molecule has 0 aliphatic carbocycles. The lowest BCUT2D eigenvalue weighted by molar-refractivity contribution is -0.118. The van der Waals surface area contributed by atoms with Crippen LogP contribution < -0.4 is 14.2 Å². The molecule has 1 N–H and O–H groups in total. The summed E-state index contributed by atoms with van der Waals surface area (Å²) in [5.74, 6) is 1.56. The average Bonchev–Trinajstić information content (AvgIpc) is 2.49. The third-order valence-electron chi connectivity index (χ3n) is 3.46. The highest BCUT2D eigenvalue weighted by Crippen LogP contribution is 2.30. The van der Waals surface area contributed by atoms with E-state index in [0.717, 1.165) is 28.7 Å². The molecule has 0 aliphatic rings. The molecule has 0 atom stereocenters. The van der Waals surface area contributed by atoms with E-state index in [9.17, 15) is 13.2 Å². The molecule has 0 spiro atoms. The van der Waals surface area contributed by atoms with Crippen LogP contribution in [0.2, 0.25) is 0 Å². The standard InChI is InChI=1S/C18H21NO5S/c1-12-9-14(11-17(20)19-25(4,21)22)10-13(2)18(12)24-16-7-5-15(23-3)6-8-16/h5-10H,11H2,1-4H3,(H,19,20). The summed E-state index contributed by atoms with van der Waals surface area (Å²) < 4.78 is 35.2. The van der Waals surface area contributed by atoms with Gasteiger partial charge in [-0.25, -0.2) is 8.42 Å². The molecule has 2 aromatic carbocycles. The van der Waals surface area contributed by atoms with Crippen LogP contribution in [0.4, 0.5) is 0 Å². The Labute approximate surface area is 147 Å².